The maximum Gasteiger partial charge on any atom is 0.314 e. The fraction of sp³-hybridized carbons (Fsp3) is 0.364. The van der Waals surface area contributed by atoms with Crippen molar-refractivity contribution >= 4 is 18.4 Å². The Morgan fingerprint density at radius 1 is 1.38 bits per heavy atom. The Morgan fingerprint density at radius 3 is 2.50 bits per heavy atom. The zero-order chi connectivity index (χ0) is 11.3. The van der Waals surface area contributed by atoms with E-state index in [0.29, 0.717) is 5.75 Å². The van der Waals surface area contributed by atoms with Crippen molar-refractivity contribution in [2.75, 3.05) is 20.8 Å². The number of hydrogen-bond acceptors (Lipinski definition) is 4. The minimum atomic E-state index is -0.467. The standard InChI is InChI=1S/C11H15NO3.ClH/c1-14-10-6-4-3-5-8(10)9(7-12)11(13)15-2;/h3-6,9H,7,12H2,1-2H3;1H. The molecular formula is C11H16ClNO3. The first-order valence-corrected chi connectivity index (χ1v) is 4.65. The van der Waals surface area contributed by atoms with Crippen LogP contribution in [0.2, 0.25) is 0 Å². The van der Waals surface area contributed by atoms with Gasteiger partial charge in [-0.25, -0.2) is 0 Å². The number of nitrogens with two attached hydrogens (primary N) is 1. The van der Waals surface area contributed by atoms with Gasteiger partial charge in [0.25, 0.3) is 0 Å². The third-order valence-corrected chi connectivity index (χ3v) is 2.24. The molecule has 0 fully saturated rings. The zero-order valence-electron chi connectivity index (χ0n) is 9.30. The second-order valence-corrected chi connectivity index (χ2v) is 3.05. The van der Waals surface area contributed by atoms with Crippen molar-refractivity contribution in [2.45, 2.75) is 5.92 Å². The van der Waals surface area contributed by atoms with Gasteiger partial charge in [-0.1, -0.05) is 18.2 Å². The number of para-hydroxylation sites is 1. The van der Waals surface area contributed by atoms with Crippen molar-refractivity contribution in [1.29, 1.82) is 0 Å². The highest BCUT2D eigenvalue weighted by Gasteiger charge is 2.22. The molecule has 0 aliphatic heterocycles. The van der Waals surface area contributed by atoms with E-state index in [9.17, 15) is 4.79 Å². The number of ether oxygens (including phenoxy) is 2. The molecule has 4 nitrogen and oxygen atoms in total. The first-order chi connectivity index (χ1) is 7.24. The molecule has 0 spiro atoms. The van der Waals surface area contributed by atoms with Gasteiger partial charge in [-0.3, -0.25) is 4.79 Å². The molecule has 0 saturated heterocycles. The second kappa shape index (κ2) is 7.09. The number of methoxy groups -OCH3 is 2. The highest BCUT2D eigenvalue weighted by molar-refractivity contribution is 5.85. The summed E-state index contributed by atoms with van der Waals surface area (Å²) >= 11 is 0. The lowest BCUT2D eigenvalue weighted by atomic mass is 9.98. The summed E-state index contributed by atoms with van der Waals surface area (Å²) in [5.41, 5.74) is 6.31. The van der Waals surface area contributed by atoms with E-state index in [-0.39, 0.29) is 24.9 Å². The summed E-state index contributed by atoms with van der Waals surface area (Å²) < 4.78 is 9.84. The van der Waals surface area contributed by atoms with Crippen LogP contribution in [-0.4, -0.2) is 26.7 Å². The van der Waals surface area contributed by atoms with Gasteiger partial charge >= 0.3 is 5.97 Å². The van der Waals surface area contributed by atoms with Crippen LogP contribution in [0.15, 0.2) is 24.3 Å². The second-order valence-electron chi connectivity index (χ2n) is 3.05. The van der Waals surface area contributed by atoms with Crippen molar-refractivity contribution < 1.29 is 14.3 Å². The van der Waals surface area contributed by atoms with Gasteiger partial charge in [-0.2, -0.15) is 0 Å². The molecular weight excluding hydrogens is 230 g/mol. The number of rotatable bonds is 4. The third kappa shape index (κ3) is 3.12. The Morgan fingerprint density at radius 2 is 2.00 bits per heavy atom. The van der Waals surface area contributed by atoms with Crippen molar-refractivity contribution in [3.8, 4) is 5.75 Å². The molecule has 0 saturated carbocycles. The van der Waals surface area contributed by atoms with Crippen LogP contribution in [-0.2, 0) is 9.53 Å². The molecule has 0 aromatic heterocycles. The van der Waals surface area contributed by atoms with Gasteiger partial charge < -0.3 is 15.2 Å². The molecule has 5 heteroatoms. The van der Waals surface area contributed by atoms with Crippen molar-refractivity contribution in [3.63, 3.8) is 0 Å². The minimum Gasteiger partial charge on any atom is -0.496 e. The third-order valence-electron chi connectivity index (χ3n) is 2.24. The predicted octanol–water partition coefficient (Wildman–Crippen LogP) is 1.33. The Balaban J connectivity index is 0.00000225. The number of carbonyl (C=O) groups is 1. The molecule has 1 unspecified atom stereocenters. The molecule has 16 heavy (non-hydrogen) atoms. The number of halogens is 1. The fourth-order valence-electron chi connectivity index (χ4n) is 1.45. The van der Waals surface area contributed by atoms with E-state index < -0.39 is 5.92 Å². The quantitative estimate of drug-likeness (QED) is 0.813. The van der Waals surface area contributed by atoms with Crippen LogP contribution in [0.3, 0.4) is 0 Å². The summed E-state index contributed by atoms with van der Waals surface area (Å²) in [4.78, 5) is 11.5. The molecule has 2 N–H and O–H groups in total. The molecule has 0 bridgehead atoms. The zero-order valence-corrected chi connectivity index (χ0v) is 10.1. The summed E-state index contributed by atoms with van der Waals surface area (Å²) in [7, 11) is 2.91. The van der Waals surface area contributed by atoms with Crippen LogP contribution in [0.1, 0.15) is 11.5 Å². The lowest BCUT2D eigenvalue weighted by molar-refractivity contribution is -0.142. The Kier molecular flexibility index (Phi) is 6.53. The number of esters is 1. The maximum atomic E-state index is 11.5. The minimum absolute atomic E-state index is 0. The largest absolute Gasteiger partial charge is 0.496 e. The number of carbonyl (C=O) groups excluding carboxylic acids is 1. The average Bonchev–Trinajstić information content (AvgIpc) is 2.30. The Bertz CT molecular complexity index is 344. The summed E-state index contributed by atoms with van der Waals surface area (Å²) in [6, 6.07) is 7.28. The monoisotopic (exact) mass is 245 g/mol. The maximum absolute atomic E-state index is 11.5. The van der Waals surface area contributed by atoms with Gasteiger partial charge in [0, 0.05) is 12.1 Å². The highest BCUT2D eigenvalue weighted by atomic mass is 35.5. The first-order valence-electron chi connectivity index (χ1n) is 4.65. The SMILES string of the molecule is COC(=O)C(CN)c1ccccc1OC.Cl. The van der Waals surface area contributed by atoms with Gasteiger partial charge in [0.1, 0.15) is 5.75 Å². The van der Waals surface area contributed by atoms with Gasteiger partial charge in [0.05, 0.1) is 20.1 Å². The van der Waals surface area contributed by atoms with Gasteiger partial charge in [-0.05, 0) is 6.07 Å². The Hall–Kier alpha value is -1.26. The molecule has 0 heterocycles. The van der Waals surface area contributed by atoms with Crippen LogP contribution < -0.4 is 10.5 Å². The van der Waals surface area contributed by atoms with Crippen molar-refractivity contribution in [1.82, 2.24) is 0 Å². The van der Waals surface area contributed by atoms with E-state index in [2.05, 4.69) is 4.74 Å². The van der Waals surface area contributed by atoms with E-state index >= 15 is 0 Å². The van der Waals surface area contributed by atoms with Crippen LogP contribution >= 0.6 is 12.4 Å². The molecule has 1 aromatic carbocycles. The molecule has 90 valence electrons. The summed E-state index contributed by atoms with van der Waals surface area (Å²) in [5.74, 6) is -0.161. The van der Waals surface area contributed by atoms with E-state index in [4.69, 9.17) is 10.5 Å². The summed E-state index contributed by atoms with van der Waals surface area (Å²) in [6.45, 7) is 0.201. The smallest absolute Gasteiger partial charge is 0.314 e. The lowest BCUT2D eigenvalue weighted by Crippen LogP contribution is -2.23. The molecule has 1 atom stereocenters. The van der Waals surface area contributed by atoms with Gasteiger partial charge in [-0.15, -0.1) is 12.4 Å². The van der Waals surface area contributed by atoms with Crippen LogP contribution in [0.5, 0.6) is 5.75 Å². The molecule has 0 amide bonds. The number of benzene rings is 1. The van der Waals surface area contributed by atoms with Crippen LogP contribution in [0.4, 0.5) is 0 Å². The van der Waals surface area contributed by atoms with Gasteiger partial charge in [0.2, 0.25) is 0 Å². The Labute approximate surface area is 101 Å². The normalized spacial score (nSPS) is 11.2. The van der Waals surface area contributed by atoms with E-state index in [1.807, 2.05) is 18.2 Å². The fourth-order valence-corrected chi connectivity index (χ4v) is 1.45. The molecule has 0 radical (unpaired) electrons. The van der Waals surface area contributed by atoms with Crippen molar-refractivity contribution in [2.24, 2.45) is 5.73 Å². The van der Waals surface area contributed by atoms with Gasteiger partial charge in [0.15, 0.2) is 0 Å². The van der Waals surface area contributed by atoms with E-state index in [0.717, 1.165) is 5.56 Å². The molecule has 1 rings (SSSR count). The highest BCUT2D eigenvalue weighted by Crippen LogP contribution is 2.26. The average molecular weight is 246 g/mol. The summed E-state index contributed by atoms with van der Waals surface area (Å²) in [6.07, 6.45) is 0. The van der Waals surface area contributed by atoms with E-state index in [1.54, 1.807) is 13.2 Å². The summed E-state index contributed by atoms with van der Waals surface area (Å²) in [5, 5.41) is 0. The first kappa shape index (κ1) is 14.7. The lowest BCUT2D eigenvalue weighted by Gasteiger charge is -2.15. The molecule has 1 aromatic rings. The topological polar surface area (TPSA) is 61.5 Å². The van der Waals surface area contributed by atoms with Crippen LogP contribution in [0.25, 0.3) is 0 Å². The predicted molar refractivity (Wildman–Crippen MR) is 64.1 cm³/mol. The van der Waals surface area contributed by atoms with Crippen molar-refractivity contribution in [3.05, 3.63) is 29.8 Å². The van der Waals surface area contributed by atoms with Crippen LogP contribution in [0, 0.1) is 0 Å². The molecule has 0 aliphatic rings. The number of hydrogen-bond donors (Lipinski definition) is 1. The van der Waals surface area contributed by atoms with E-state index in [1.165, 1.54) is 7.11 Å². The molecule has 0 aliphatic carbocycles.